The fourth-order valence-corrected chi connectivity index (χ4v) is 5.26. The molecule has 1 unspecified atom stereocenters. The number of hydrogen-bond acceptors (Lipinski definition) is 5. The molecule has 1 atom stereocenters. The number of amides is 2. The van der Waals surface area contributed by atoms with E-state index in [1.165, 1.54) is 12.8 Å². The van der Waals surface area contributed by atoms with Crippen molar-refractivity contribution in [2.24, 2.45) is 5.92 Å². The average Bonchev–Trinajstić information content (AvgIpc) is 3.51. The fourth-order valence-electron chi connectivity index (χ4n) is 4.57. The molecule has 2 aliphatic rings. The van der Waals surface area contributed by atoms with Crippen molar-refractivity contribution < 1.29 is 14.0 Å². The minimum atomic E-state index is -0.109. The van der Waals surface area contributed by atoms with Gasteiger partial charge in [0.15, 0.2) is 0 Å². The number of rotatable bonds is 7. The Morgan fingerprint density at radius 1 is 1.14 bits per heavy atom. The highest BCUT2D eigenvalue weighted by atomic mass is 32.1. The van der Waals surface area contributed by atoms with Crippen molar-refractivity contribution in [2.75, 3.05) is 26.2 Å². The van der Waals surface area contributed by atoms with E-state index >= 15 is 0 Å². The van der Waals surface area contributed by atoms with E-state index in [2.05, 4.69) is 10.2 Å². The van der Waals surface area contributed by atoms with Crippen LogP contribution in [0, 0.1) is 5.92 Å². The van der Waals surface area contributed by atoms with Crippen LogP contribution in [-0.4, -0.2) is 53.8 Å². The van der Waals surface area contributed by atoms with Gasteiger partial charge in [-0.25, -0.2) is 0 Å². The Kier molecular flexibility index (Phi) is 6.67. The van der Waals surface area contributed by atoms with Crippen LogP contribution < -0.4 is 5.32 Å². The van der Waals surface area contributed by atoms with Gasteiger partial charge in [0, 0.05) is 31.1 Å². The number of nitrogens with one attached hydrogen (secondary N) is 1. The molecule has 4 rings (SSSR count). The first kappa shape index (κ1) is 20.2. The van der Waals surface area contributed by atoms with Crippen molar-refractivity contribution in [1.29, 1.82) is 0 Å². The van der Waals surface area contributed by atoms with Crippen molar-refractivity contribution in [3.63, 3.8) is 0 Å². The second-order valence-corrected chi connectivity index (χ2v) is 8.99. The number of carbonyl (C=O) groups is 2. The van der Waals surface area contributed by atoms with E-state index in [1.54, 1.807) is 17.6 Å². The number of hydrogen-bond donors (Lipinski definition) is 1. The molecule has 2 aromatic rings. The van der Waals surface area contributed by atoms with Gasteiger partial charge >= 0.3 is 0 Å². The second-order valence-electron chi connectivity index (χ2n) is 7.96. The summed E-state index contributed by atoms with van der Waals surface area (Å²) in [6.45, 7) is 3.32. The van der Waals surface area contributed by atoms with E-state index in [0.29, 0.717) is 32.0 Å². The molecule has 1 aliphatic heterocycles. The molecule has 7 heteroatoms. The Morgan fingerprint density at radius 2 is 1.93 bits per heavy atom. The third-order valence-corrected chi connectivity index (χ3v) is 6.97. The summed E-state index contributed by atoms with van der Waals surface area (Å²) >= 11 is 1.63. The molecule has 0 radical (unpaired) electrons. The van der Waals surface area contributed by atoms with Crippen molar-refractivity contribution in [2.45, 2.75) is 44.7 Å². The van der Waals surface area contributed by atoms with E-state index in [-0.39, 0.29) is 17.9 Å². The first-order valence-electron chi connectivity index (χ1n) is 10.5. The molecule has 156 valence electrons. The van der Waals surface area contributed by atoms with Crippen molar-refractivity contribution in [3.05, 3.63) is 46.5 Å². The monoisotopic (exact) mass is 415 g/mol. The fraction of sp³-hybridized carbons (Fsp3) is 0.545. The van der Waals surface area contributed by atoms with Crippen LogP contribution in [0.15, 0.2) is 40.3 Å². The zero-order valence-electron chi connectivity index (χ0n) is 16.7. The molecule has 2 fully saturated rings. The van der Waals surface area contributed by atoms with Gasteiger partial charge < -0.3 is 14.6 Å². The lowest BCUT2D eigenvalue weighted by molar-refractivity contribution is -0.134. The molecular weight excluding hydrogens is 386 g/mol. The average molecular weight is 416 g/mol. The van der Waals surface area contributed by atoms with Gasteiger partial charge in [0.1, 0.15) is 5.76 Å². The van der Waals surface area contributed by atoms with Gasteiger partial charge in [0.05, 0.1) is 25.3 Å². The maximum absolute atomic E-state index is 13.1. The minimum Gasteiger partial charge on any atom is -0.467 e. The zero-order valence-corrected chi connectivity index (χ0v) is 17.5. The van der Waals surface area contributed by atoms with E-state index in [1.807, 2.05) is 34.5 Å². The second kappa shape index (κ2) is 9.59. The lowest BCUT2D eigenvalue weighted by atomic mass is 9.95. The summed E-state index contributed by atoms with van der Waals surface area (Å²) in [5, 5.41) is 5.08. The van der Waals surface area contributed by atoms with E-state index in [4.69, 9.17) is 4.42 Å². The number of furan rings is 1. The Morgan fingerprint density at radius 3 is 2.59 bits per heavy atom. The Hall–Kier alpha value is -2.12. The predicted octanol–water partition coefficient (Wildman–Crippen LogP) is 2.90. The SMILES string of the molecule is O=C(NCc1ccco1)C(C1CCCC1)N1CCN(C(=O)Cc2cccs2)CC1. The van der Waals surface area contributed by atoms with Gasteiger partial charge in [0.2, 0.25) is 11.8 Å². The van der Waals surface area contributed by atoms with Gasteiger partial charge in [-0.1, -0.05) is 18.9 Å². The maximum atomic E-state index is 13.1. The first-order valence-corrected chi connectivity index (χ1v) is 11.4. The summed E-state index contributed by atoms with van der Waals surface area (Å²) in [6, 6.07) is 7.60. The van der Waals surface area contributed by atoms with Gasteiger partial charge in [-0.3, -0.25) is 14.5 Å². The summed E-state index contributed by atoms with van der Waals surface area (Å²) in [5.74, 6) is 1.45. The van der Waals surface area contributed by atoms with Gasteiger partial charge in [-0.15, -0.1) is 11.3 Å². The van der Waals surface area contributed by atoms with Crippen LogP contribution in [-0.2, 0) is 22.6 Å². The number of nitrogens with zero attached hydrogens (tertiary/aromatic N) is 2. The van der Waals surface area contributed by atoms with Crippen LogP contribution in [0.2, 0.25) is 0 Å². The highest BCUT2D eigenvalue weighted by Gasteiger charge is 2.37. The standard InChI is InChI=1S/C22H29N3O3S/c26-20(15-19-8-4-14-29-19)24-9-11-25(12-10-24)21(17-5-1-2-6-17)22(27)23-16-18-7-3-13-28-18/h3-4,7-8,13-14,17,21H,1-2,5-6,9-12,15-16H2,(H,23,27). The summed E-state index contributed by atoms with van der Waals surface area (Å²) in [6.07, 6.45) is 6.72. The van der Waals surface area contributed by atoms with Crippen LogP contribution in [0.4, 0.5) is 0 Å². The van der Waals surface area contributed by atoms with Crippen LogP contribution in [0.3, 0.4) is 0 Å². The summed E-state index contributed by atoms with van der Waals surface area (Å²) in [5.41, 5.74) is 0. The van der Waals surface area contributed by atoms with Gasteiger partial charge in [-0.05, 0) is 42.3 Å². The lowest BCUT2D eigenvalue weighted by Gasteiger charge is -2.40. The van der Waals surface area contributed by atoms with Crippen LogP contribution in [0.5, 0.6) is 0 Å². The maximum Gasteiger partial charge on any atom is 0.238 e. The first-order chi connectivity index (χ1) is 14.2. The van der Waals surface area contributed by atoms with Crippen molar-refractivity contribution in [3.8, 4) is 0 Å². The summed E-state index contributed by atoms with van der Waals surface area (Å²) < 4.78 is 5.35. The molecule has 1 aliphatic carbocycles. The normalized spacial score (nSPS) is 19.4. The molecule has 29 heavy (non-hydrogen) atoms. The van der Waals surface area contributed by atoms with E-state index < -0.39 is 0 Å². The van der Waals surface area contributed by atoms with E-state index in [9.17, 15) is 9.59 Å². The molecule has 1 N–H and O–H groups in total. The Labute approximate surface area is 175 Å². The molecule has 1 saturated carbocycles. The predicted molar refractivity (Wildman–Crippen MR) is 112 cm³/mol. The third kappa shape index (κ3) is 5.08. The Balaban J connectivity index is 1.34. The smallest absolute Gasteiger partial charge is 0.238 e. The molecule has 2 aromatic heterocycles. The van der Waals surface area contributed by atoms with Crippen LogP contribution in [0.1, 0.15) is 36.3 Å². The molecule has 0 aromatic carbocycles. The highest BCUT2D eigenvalue weighted by molar-refractivity contribution is 7.10. The molecule has 2 amide bonds. The number of piperazine rings is 1. The summed E-state index contributed by atoms with van der Waals surface area (Å²) in [7, 11) is 0. The largest absolute Gasteiger partial charge is 0.467 e. The highest BCUT2D eigenvalue weighted by Crippen LogP contribution is 2.31. The van der Waals surface area contributed by atoms with Crippen LogP contribution in [0.25, 0.3) is 0 Å². The molecule has 1 saturated heterocycles. The van der Waals surface area contributed by atoms with Crippen LogP contribution >= 0.6 is 11.3 Å². The topological polar surface area (TPSA) is 65.8 Å². The molecule has 3 heterocycles. The zero-order chi connectivity index (χ0) is 20.1. The lowest BCUT2D eigenvalue weighted by Crippen LogP contribution is -2.58. The molecule has 0 bridgehead atoms. The van der Waals surface area contributed by atoms with Crippen molar-refractivity contribution >= 4 is 23.2 Å². The quantitative estimate of drug-likeness (QED) is 0.755. The number of carbonyl (C=O) groups excluding carboxylic acids is 2. The molecule has 6 nitrogen and oxygen atoms in total. The summed E-state index contributed by atoms with van der Waals surface area (Å²) in [4.78, 5) is 31.0. The van der Waals surface area contributed by atoms with Crippen molar-refractivity contribution in [1.82, 2.24) is 15.1 Å². The Bertz CT molecular complexity index is 776. The minimum absolute atomic E-state index is 0.0895. The third-order valence-electron chi connectivity index (χ3n) is 6.10. The van der Waals surface area contributed by atoms with Gasteiger partial charge in [-0.2, -0.15) is 0 Å². The molecule has 0 spiro atoms. The van der Waals surface area contributed by atoms with Gasteiger partial charge in [0.25, 0.3) is 0 Å². The van der Waals surface area contributed by atoms with E-state index in [0.717, 1.165) is 36.6 Å². The number of thiophene rings is 1. The molecular formula is C22H29N3O3S.